The Labute approximate surface area is 177 Å². The van der Waals surface area contributed by atoms with Crippen LogP contribution >= 0.6 is 0 Å². The second-order valence-corrected chi connectivity index (χ2v) is 7.61. The van der Waals surface area contributed by atoms with Crippen LogP contribution in [-0.4, -0.2) is 34.8 Å². The maximum Gasteiger partial charge on any atom is 0.134 e. The van der Waals surface area contributed by atoms with Gasteiger partial charge in [0.05, 0.1) is 35.1 Å². The van der Waals surface area contributed by atoms with Crippen LogP contribution in [-0.2, 0) is 0 Å². The van der Waals surface area contributed by atoms with E-state index in [0.717, 1.165) is 55.7 Å². The molecule has 0 aliphatic carbocycles. The van der Waals surface area contributed by atoms with E-state index < -0.39 is 0 Å². The Bertz CT molecular complexity index is 1570. The molecule has 31 heavy (non-hydrogen) atoms. The normalized spacial score (nSPS) is 11.5. The van der Waals surface area contributed by atoms with E-state index >= 15 is 0 Å². The molecule has 0 spiro atoms. The van der Waals surface area contributed by atoms with Gasteiger partial charge in [-0.15, -0.1) is 0 Å². The molecular weight excluding hydrogens is 388 g/mol. The Morgan fingerprint density at radius 1 is 0.935 bits per heavy atom. The first-order valence-corrected chi connectivity index (χ1v) is 9.91. The summed E-state index contributed by atoms with van der Waals surface area (Å²) in [6, 6.07) is 16.0. The zero-order valence-corrected chi connectivity index (χ0v) is 16.7. The van der Waals surface area contributed by atoms with Crippen LogP contribution in [0.3, 0.4) is 0 Å². The number of imidazole rings is 1. The summed E-state index contributed by atoms with van der Waals surface area (Å²) < 4.78 is 2.03. The number of fused-ring (bicyclic) bond motifs is 2. The molecular formula is C24H18N6O. The molecule has 0 bridgehead atoms. The molecule has 6 aromatic rings. The van der Waals surface area contributed by atoms with E-state index in [1.807, 2.05) is 42.2 Å². The van der Waals surface area contributed by atoms with Crippen molar-refractivity contribution in [2.24, 2.45) is 0 Å². The predicted octanol–water partition coefficient (Wildman–Crippen LogP) is 4.97. The minimum atomic E-state index is 0.142. The van der Waals surface area contributed by atoms with Crippen molar-refractivity contribution in [3.8, 4) is 34.0 Å². The number of nitrogens with one attached hydrogen (secondary N) is 2. The first-order chi connectivity index (χ1) is 15.2. The first kappa shape index (κ1) is 17.5. The van der Waals surface area contributed by atoms with Gasteiger partial charge in [-0.3, -0.25) is 10.1 Å². The molecule has 2 aromatic carbocycles. The van der Waals surface area contributed by atoms with E-state index in [0.29, 0.717) is 0 Å². The van der Waals surface area contributed by atoms with E-state index in [4.69, 9.17) is 0 Å². The summed E-state index contributed by atoms with van der Waals surface area (Å²) in [6.45, 7) is 1.98. The maximum absolute atomic E-state index is 9.79. The Morgan fingerprint density at radius 3 is 2.71 bits per heavy atom. The van der Waals surface area contributed by atoms with Gasteiger partial charge >= 0.3 is 0 Å². The molecule has 0 aliphatic rings. The fraction of sp³-hybridized carbons (Fsp3) is 0.0417. The van der Waals surface area contributed by atoms with Crippen molar-refractivity contribution >= 4 is 21.8 Å². The van der Waals surface area contributed by atoms with Gasteiger partial charge in [-0.25, -0.2) is 4.98 Å². The quantitative estimate of drug-likeness (QED) is 0.386. The van der Waals surface area contributed by atoms with Crippen molar-refractivity contribution in [1.82, 2.24) is 29.7 Å². The SMILES string of the molecule is Cc1cn(-c2cccc3[nH]c(-c4n[nH]c5ccc(-c6cncc(O)c6)cc45)cc23)cn1. The number of hydrogen-bond acceptors (Lipinski definition) is 4. The highest BCUT2D eigenvalue weighted by Gasteiger charge is 2.14. The zero-order chi connectivity index (χ0) is 20.9. The first-order valence-electron chi connectivity index (χ1n) is 9.91. The number of aryl methyl sites for hydroxylation is 1. The minimum Gasteiger partial charge on any atom is -0.506 e. The van der Waals surface area contributed by atoms with E-state index in [2.05, 4.69) is 49.4 Å². The van der Waals surface area contributed by atoms with Gasteiger partial charge in [0.1, 0.15) is 11.4 Å². The molecule has 4 aromatic heterocycles. The highest BCUT2D eigenvalue weighted by atomic mass is 16.3. The number of aromatic amines is 2. The summed E-state index contributed by atoms with van der Waals surface area (Å²) in [5.74, 6) is 0.142. The molecule has 3 N–H and O–H groups in total. The van der Waals surface area contributed by atoms with E-state index in [-0.39, 0.29) is 5.75 Å². The van der Waals surface area contributed by atoms with Crippen molar-refractivity contribution < 1.29 is 5.11 Å². The number of aromatic hydroxyl groups is 1. The standard InChI is InChI=1S/C24H18N6O/c1-14-12-30(13-26-14)23-4-2-3-20-18(23)9-22(27-20)24-19-8-15(5-6-21(19)28-29-24)16-7-17(31)11-25-10-16/h2-13,27,31H,1H3,(H,28,29). The second-order valence-electron chi connectivity index (χ2n) is 7.61. The predicted molar refractivity (Wildman–Crippen MR) is 120 cm³/mol. The van der Waals surface area contributed by atoms with Crippen molar-refractivity contribution in [2.75, 3.05) is 0 Å². The van der Waals surface area contributed by atoms with Crippen LogP contribution in [0.5, 0.6) is 5.75 Å². The van der Waals surface area contributed by atoms with Crippen molar-refractivity contribution in [1.29, 1.82) is 0 Å². The number of hydrogen-bond donors (Lipinski definition) is 3. The molecule has 0 saturated carbocycles. The van der Waals surface area contributed by atoms with Gasteiger partial charge in [-0.05, 0) is 48.9 Å². The third-order valence-electron chi connectivity index (χ3n) is 5.51. The maximum atomic E-state index is 9.79. The molecule has 0 unspecified atom stereocenters. The molecule has 0 saturated heterocycles. The van der Waals surface area contributed by atoms with Gasteiger partial charge in [0.2, 0.25) is 0 Å². The average molecular weight is 406 g/mol. The highest BCUT2D eigenvalue weighted by molar-refractivity contribution is 5.99. The molecule has 0 radical (unpaired) electrons. The highest BCUT2D eigenvalue weighted by Crippen LogP contribution is 2.33. The summed E-state index contributed by atoms with van der Waals surface area (Å²) in [6.07, 6.45) is 7.01. The lowest BCUT2D eigenvalue weighted by Gasteiger charge is -2.03. The number of rotatable bonds is 3. The second kappa shape index (κ2) is 6.56. The van der Waals surface area contributed by atoms with Crippen LogP contribution in [0.25, 0.3) is 50.0 Å². The lowest BCUT2D eigenvalue weighted by molar-refractivity contribution is 0.473. The minimum absolute atomic E-state index is 0.142. The average Bonchev–Trinajstić information content (AvgIpc) is 3.50. The molecule has 4 heterocycles. The summed E-state index contributed by atoms with van der Waals surface area (Å²) in [5.41, 5.74) is 7.59. The number of H-pyrrole nitrogens is 2. The summed E-state index contributed by atoms with van der Waals surface area (Å²) >= 11 is 0. The Kier molecular flexibility index (Phi) is 3.70. The molecule has 7 nitrogen and oxygen atoms in total. The van der Waals surface area contributed by atoms with Gasteiger partial charge in [0.25, 0.3) is 0 Å². The Morgan fingerprint density at radius 2 is 1.87 bits per heavy atom. The van der Waals surface area contributed by atoms with Crippen LogP contribution in [0.1, 0.15) is 5.69 Å². The van der Waals surface area contributed by atoms with Crippen LogP contribution in [0.15, 0.2) is 73.4 Å². The van der Waals surface area contributed by atoms with Gasteiger partial charge in [0.15, 0.2) is 0 Å². The van der Waals surface area contributed by atoms with E-state index in [1.54, 1.807) is 12.3 Å². The van der Waals surface area contributed by atoms with Crippen molar-refractivity contribution in [2.45, 2.75) is 6.92 Å². The molecule has 6 rings (SSSR count). The Balaban J connectivity index is 1.51. The number of pyridine rings is 1. The van der Waals surface area contributed by atoms with Crippen molar-refractivity contribution in [3.63, 3.8) is 0 Å². The monoisotopic (exact) mass is 406 g/mol. The van der Waals surface area contributed by atoms with Crippen LogP contribution in [0.2, 0.25) is 0 Å². The Hall–Kier alpha value is -4.39. The lowest BCUT2D eigenvalue weighted by atomic mass is 10.0. The summed E-state index contributed by atoms with van der Waals surface area (Å²) in [5, 5.41) is 19.6. The number of benzene rings is 2. The van der Waals surface area contributed by atoms with E-state index in [1.165, 1.54) is 6.20 Å². The lowest BCUT2D eigenvalue weighted by Crippen LogP contribution is -1.89. The van der Waals surface area contributed by atoms with Gasteiger partial charge in [-0.2, -0.15) is 5.10 Å². The van der Waals surface area contributed by atoms with E-state index in [9.17, 15) is 5.11 Å². The smallest absolute Gasteiger partial charge is 0.134 e. The van der Waals surface area contributed by atoms with Gasteiger partial charge in [-0.1, -0.05) is 12.1 Å². The molecule has 0 fully saturated rings. The van der Waals surface area contributed by atoms with Crippen LogP contribution in [0, 0.1) is 6.92 Å². The zero-order valence-electron chi connectivity index (χ0n) is 16.7. The molecule has 0 aliphatic heterocycles. The summed E-state index contributed by atoms with van der Waals surface area (Å²) in [7, 11) is 0. The molecule has 150 valence electrons. The topological polar surface area (TPSA) is 95.4 Å². The molecule has 0 atom stereocenters. The fourth-order valence-corrected chi connectivity index (χ4v) is 4.03. The number of nitrogens with zero attached hydrogens (tertiary/aromatic N) is 4. The largest absolute Gasteiger partial charge is 0.506 e. The third-order valence-corrected chi connectivity index (χ3v) is 5.51. The fourth-order valence-electron chi connectivity index (χ4n) is 4.03. The molecule has 0 amide bonds. The summed E-state index contributed by atoms with van der Waals surface area (Å²) in [4.78, 5) is 12.0. The van der Waals surface area contributed by atoms with Crippen LogP contribution in [0.4, 0.5) is 0 Å². The molecule has 7 heteroatoms. The number of aromatic nitrogens is 6. The van der Waals surface area contributed by atoms with Gasteiger partial charge < -0.3 is 14.7 Å². The van der Waals surface area contributed by atoms with Gasteiger partial charge in [0, 0.05) is 34.2 Å². The third kappa shape index (κ3) is 2.86. The van der Waals surface area contributed by atoms with Crippen molar-refractivity contribution in [3.05, 3.63) is 79.1 Å². The van der Waals surface area contributed by atoms with Crippen LogP contribution < -0.4 is 0 Å².